The Hall–Kier alpha value is -1.69. The van der Waals surface area contributed by atoms with Gasteiger partial charge in [-0.05, 0) is 30.0 Å². The fraction of sp³-hybridized carbons (Fsp3) is 0.533. The SMILES string of the molecule is CCC(C#N)CNc1ccc(C(C)C)cc1OC. The average Bonchev–Trinajstić information content (AvgIpc) is 2.39. The third-order valence-corrected chi connectivity index (χ3v) is 3.11. The van der Waals surface area contributed by atoms with Crippen LogP contribution in [0.4, 0.5) is 5.69 Å². The molecule has 1 aromatic carbocycles. The molecule has 0 spiro atoms. The van der Waals surface area contributed by atoms with Crippen LogP contribution < -0.4 is 10.1 Å². The Balaban J connectivity index is 2.80. The Morgan fingerprint density at radius 2 is 2.11 bits per heavy atom. The molecule has 0 saturated heterocycles. The van der Waals surface area contributed by atoms with Gasteiger partial charge in [0, 0.05) is 6.54 Å². The van der Waals surface area contributed by atoms with Gasteiger partial charge in [0.05, 0.1) is 24.8 Å². The Morgan fingerprint density at radius 1 is 1.39 bits per heavy atom. The molecule has 3 heteroatoms. The maximum atomic E-state index is 8.93. The number of nitrogens with zero attached hydrogens (tertiary/aromatic N) is 1. The lowest BCUT2D eigenvalue weighted by Gasteiger charge is -2.15. The Morgan fingerprint density at radius 3 is 2.61 bits per heavy atom. The van der Waals surface area contributed by atoms with E-state index in [0.717, 1.165) is 17.9 Å². The molecule has 0 heterocycles. The maximum Gasteiger partial charge on any atom is 0.142 e. The van der Waals surface area contributed by atoms with Crippen molar-refractivity contribution in [1.29, 1.82) is 5.26 Å². The average molecular weight is 246 g/mol. The minimum Gasteiger partial charge on any atom is -0.495 e. The third-order valence-electron chi connectivity index (χ3n) is 3.11. The van der Waals surface area contributed by atoms with Crippen LogP contribution in [-0.2, 0) is 0 Å². The summed E-state index contributed by atoms with van der Waals surface area (Å²) < 4.78 is 5.39. The van der Waals surface area contributed by atoms with Crippen LogP contribution in [0.1, 0.15) is 38.7 Å². The summed E-state index contributed by atoms with van der Waals surface area (Å²) in [5, 5.41) is 12.2. The van der Waals surface area contributed by atoms with Gasteiger partial charge in [-0.3, -0.25) is 0 Å². The third kappa shape index (κ3) is 3.66. The molecule has 98 valence electrons. The van der Waals surface area contributed by atoms with E-state index in [9.17, 15) is 0 Å². The zero-order valence-corrected chi connectivity index (χ0v) is 11.7. The number of benzene rings is 1. The number of ether oxygens (including phenoxy) is 1. The number of rotatable bonds is 6. The summed E-state index contributed by atoms with van der Waals surface area (Å²) in [5.74, 6) is 1.36. The molecule has 1 unspecified atom stereocenters. The van der Waals surface area contributed by atoms with Crippen LogP contribution in [0.2, 0.25) is 0 Å². The molecule has 0 aliphatic carbocycles. The van der Waals surface area contributed by atoms with Gasteiger partial charge < -0.3 is 10.1 Å². The second-order valence-electron chi connectivity index (χ2n) is 4.73. The summed E-state index contributed by atoms with van der Waals surface area (Å²) in [4.78, 5) is 0. The molecule has 1 N–H and O–H groups in total. The highest BCUT2D eigenvalue weighted by molar-refractivity contribution is 5.58. The molecule has 1 aromatic rings. The predicted octanol–water partition coefficient (Wildman–Crippen LogP) is 3.78. The summed E-state index contributed by atoms with van der Waals surface area (Å²) in [7, 11) is 1.67. The fourth-order valence-electron chi connectivity index (χ4n) is 1.73. The van der Waals surface area contributed by atoms with Crippen molar-refractivity contribution in [2.24, 2.45) is 5.92 Å². The molecule has 3 nitrogen and oxygen atoms in total. The molecule has 0 aliphatic rings. The Kier molecular flexibility index (Phi) is 5.51. The number of hydrogen-bond acceptors (Lipinski definition) is 3. The van der Waals surface area contributed by atoms with E-state index in [4.69, 9.17) is 10.00 Å². The zero-order chi connectivity index (χ0) is 13.5. The van der Waals surface area contributed by atoms with E-state index in [0.29, 0.717) is 12.5 Å². The standard InChI is InChI=1S/C15H22N2O/c1-5-12(9-16)10-17-14-7-6-13(11(2)3)8-15(14)18-4/h6-8,11-12,17H,5,10H2,1-4H3. The molecule has 1 rings (SSSR count). The quantitative estimate of drug-likeness (QED) is 0.830. The molecule has 0 aliphatic heterocycles. The van der Waals surface area contributed by atoms with Crippen LogP contribution in [0.5, 0.6) is 5.75 Å². The van der Waals surface area contributed by atoms with Crippen LogP contribution in [0.15, 0.2) is 18.2 Å². The molecule has 0 fully saturated rings. The van der Waals surface area contributed by atoms with E-state index in [1.54, 1.807) is 7.11 Å². The van der Waals surface area contributed by atoms with Crippen molar-refractivity contribution in [3.05, 3.63) is 23.8 Å². The fourth-order valence-corrected chi connectivity index (χ4v) is 1.73. The van der Waals surface area contributed by atoms with E-state index in [1.807, 2.05) is 13.0 Å². The highest BCUT2D eigenvalue weighted by Gasteiger charge is 2.09. The summed E-state index contributed by atoms with van der Waals surface area (Å²) >= 11 is 0. The van der Waals surface area contributed by atoms with Crippen molar-refractivity contribution in [3.8, 4) is 11.8 Å². The van der Waals surface area contributed by atoms with Gasteiger partial charge in [-0.2, -0.15) is 5.26 Å². The van der Waals surface area contributed by atoms with E-state index < -0.39 is 0 Å². The van der Waals surface area contributed by atoms with Gasteiger partial charge in [-0.1, -0.05) is 26.8 Å². The summed E-state index contributed by atoms with van der Waals surface area (Å²) in [6.45, 7) is 6.99. The van der Waals surface area contributed by atoms with Gasteiger partial charge in [-0.15, -0.1) is 0 Å². The molecule has 0 radical (unpaired) electrons. The van der Waals surface area contributed by atoms with E-state index in [1.165, 1.54) is 5.56 Å². The van der Waals surface area contributed by atoms with Crippen LogP contribution in [0.3, 0.4) is 0 Å². The summed E-state index contributed by atoms with van der Waals surface area (Å²) in [5.41, 5.74) is 2.21. The highest BCUT2D eigenvalue weighted by Crippen LogP contribution is 2.28. The normalized spacial score (nSPS) is 12.0. The van der Waals surface area contributed by atoms with Crippen LogP contribution in [0, 0.1) is 17.2 Å². The van der Waals surface area contributed by atoms with Gasteiger partial charge >= 0.3 is 0 Å². The topological polar surface area (TPSA) is 45.0 Å². The first-order valence-electron chi connectivity index (χ1n) is 6.43. The lowest BCUT2D eigenvalue weighted by atomic mass is 10.0. The highest BCUT2D eigenvalue weighted by atomic mass is 16.5. The molecule has 0 saturated carbocycles. The zero-order valence-electron chi connectivity index (χ0n) is 11.7. The molecule has 1 atom stereocenters. The van der Waals surface area contributed by atoms with Gasteiger partial charge in [0.15, 0.2) is 0 Å². The first-order chi connectivity index (χ1) is 8.62. The maximum absolute atomic E-state index is 8.93. The monoisotopic (exact) mass is 246 g/mol. The van der Waals surface area contributed by atoms with Crippen LogP contribution in [-0.4, -0.2) is 13.7 Å². The van der Waals surface area contributed by atoms with Crippen LogP contribution in [0.25, 0.3) is 0 Å². The Bertz CT molecular complexity index is 421. The van der Waals surface area contributed by atoms with Gasteiger partial charge in [0.25, 0.3) is 0 Å². The Labute approximate surface area is 110 Å². The molecular weight excluding hydrogens is 224 g/mol. The lowest BCUT2D eigenvalue weighted by molar-refractivity contribution is 0.415. The van der Waals surface area contributed by atoms with Gasteiger partial charge in [0.2, 0.25) is 0 Å². The second-order valence-corrected chi connectivity index (χ2v) is 4.73. The number of hydrogen-bond donors (Lipinski definition) is 1. The molecule has 18 heavy (non-hydrogen) atoms. The van der Waals surface area contributed by atoms with Crippen molar-refractivity contribution in [2.75, 3.05) is 19.0 Å². The van der Waals surface area contributed by atoms with Crippen molar-refractivity contribution >= 4 is 5.69 Å². The number of anilines is 1. The summed E-state index contributed by atoms with van der Waals surface area (Å²) in [6.07, 6.45) is 0.857. The smallest absolute Gasteiger partial charge is 0.142 e. The van der Waals surface area contributed by atoms with Crippen LogP contribution >= 0.6 is 0 Å². The number of methoxy groups -OCH3 is 1. The van der Waals surface area contributed by atoms with Crippen molar-refractivity contribution in [1.82, 2.24) is 0 Å². The summed E-state index contributed by atoms with van der Waals surface area (Å²) in [6, 6.07) is 8.47. The van der Waals surface area contributed by atoms with E-state index >= 15 is 0 Å². The number of nitrogens with one attached hydrogen (secondary N) is 1. The lowest BCUT2D eigenvalue weighted by Crippen LogP contribution is -2.12. The molecule has 0 amide bonds. The van der Waals surface area contributed by atoms with Gasteiger partial charge in [0.1, 0.15) is 5.75 Å². The second kappa shape index (κ2) is 6.90. The first kappa shape index (κ1) is 14.4. The largest absolute Gasteiger partial charge is 0.495 e. The predicted molar refractivity (Wildman–Crippen MR) is 75.0 cm³/mol. The molecular formula is C15H22N2O. The first-order valence-corrected chi connectivity index (χ1v) is 6.43. The number of nitriles is 1. The molecule has 0 aromatic heterocycles. The van der Waals surface area contributed by atoms with E-state index in [2.05, 4.69) is 37.4 Å². The minimum atomic E-state index is 0.0412. The van der Waals surface area contributed by atoms with Crippen molar-refractivity contribution in [2.45, 2.75) is 33.1 Å². The minimum absolute atomic E-state index is 0.0412. The van der Waals surface area contributed by atoms with Crippen molar-refractivity contribution < 1.29 is 4.74 Å². The van der Waals surface area contributed by atoms with Gasteiger partial charge in [-0.25, -0.2) is 0 Å². The van der Waals surface area contributed by atoms with Crippen molar-refractivity contribution in [3.63, 3.8) is 0 Å². The molecule has 0 bridgehead atoms. The van der Waals surface area contributed by atoms with E-state index in [-0.39, 0.29) is 5.92 Å².